The zero-order valence-electron chi connectivity index (χ0n) is 7.93. The van der Waals surface area contributed by atoms with E-state index >= 15 is 0 Å². The van der Waals surface area contributed by atoms with E-state index in [1.165, 1.54) is 0 Å². The van der Waals surface area contributed by atoms with Gasteiger partial charge in [0.15, 0.2) is 5.82 Å². The van der Waals surface area contributed by atoms with Gasteiger partial charge < -0.3 is 19.7 Å². The quantitative estimate of drug-likeness (QED) is 0.685. The van der Waals surface area contributed by atoms with Crippen molar-refractivity contribution in [1.82, 2.24) is 15.5 Å². The van der Waals surface area contributed by atoms with Gasteiger partial charge in [0.2, 0.25) is 0 Å². The molecule has 1 aliphatic rings. The molecule has 0 spiro atoms. The van der Waals surface area contributed by atoms with Crippen LogP contribution in [0.25, 0.3) is 0 Å². The monoisotopic (exact) mass is 199 g/mol. The predicted molar refractivity (Wildman–Crippen MR) is 46.5 cm³/mol. The van der Waals surface area contributed by atoms with Crippen LogP contribution in [0.5, 0.6) is 0 Å². The Labute approximate surface area is 81.3 Å². The van der Waals surface area contributed by atoms with E-state index in [1.54, 1.807) is 6.92 Å². The molecule has 1 aliphatic heterocycles. The molecular formula is C8H13N3O3. The highest BCUT2D eigenvalue weighted by molar-refractivity contribution is 4.96. The van der Waals surface area contributed by atoms with Gasteiger partial charge in [0, 0.05) is 6.54 Å². The third-order valence-corrected chi connectivity index (χ3v) is 2.05. The summed E-state index contributed by atoms with van der Waals surface area (Å²) >= 11 is 0. The van der Waals surface area contributed by atoms with Gasteiger partial charge in [0.05, 0.1) is 19.3 Å². The standard InChI is InChI=1S/C8H13N3O3/c1-5(12)8-10-7(11-14-8)6-4-13-3-2-9-6/h5-6,9,12H,2-4H2,1H3. The molecule has 0 aromatic carbocycles. The predicted octanol–water partition coefficient (Wildman–Crippen LogP) is -0.216. The van der Waals surface area contributed by atoms with E-state index in [0.717, 1.165) is 6.54 Å². The summed E-state index contributed by atoms with van der Waals surface area (Å²) < 4.78 is 10.1. The molecule has 1 aromatic rings. The number of aliphatic hydroxyl groups is 1. The number of hydrogen-bond acceptors (Lipinski definition) is 6. The number of hydrogen-bond donors (Lipinski definition) is 2. The number of ether oxygens (including phenoxy) is 1. The maximum Gasteiger partial charge on any atom is 0.255 e. The zero-order valence-corrected chi connectivity index (χ0v) is 7.93. The maximum atomic E-state index is 9.19. The van der Waals surface area contributed by atoms with Gasteiger partial charge in [-0.1, -0.05) is 5.16 Å². The van der Waals surface area contributed by atoms with Crippen LogP contribution in [0.15, 0.2) is 4.52 Å². The van der Waals surface area contributed by atoms with Crippen molar-refractivity contribution in [3.8, 4) is 0 Å². The number of aromatic nitrogens is 2. The van der Waals surface area contributed by atoms with Gasteiger partial charge in [-0.15, -0.1) is 0 Å². The molecule has 2 atom stereocenters. The van der Waals surface area contributed by atoms with E-state index in [4.69, 9.17) is 9.26 Å². The van der Waals surface area contributed by atoms with Gasteiger partial charge in [-0.3, -0.25) is 0 Å². The molecule has 1 aromatic heterocycles. The molecule has 1 saturated heterocycles. The first-order chi connectivity index (χ1) is 6.77. The molecule has 2 N–H and O–H groups in total. The summed E-state index contributed by atoms with van der Waals surface area (Å²) in [5.41, 5.74) is 0. The molecule has 6 nitrogen and oxygen atoms in total. The summed E-state index contributed by atoms with van der Waals surface area (Å²) in [5, 5.41) is 16.2. The second kappa shape index (κ2) is 4.04. The number of morpholine rings is 1. The minimum atomic E-state index is -0.722. The van der Waals surface area contributed by atoms with Crippen molar-refractivity contribution >= 4 is 0 Å². The number of aliphatic hydroxyl groups excluding tert-OH is 1. The summed E-state index contributed by atoms with van der Waals surface area (Å²) in [6.07, 6.45) is -0.722. The van der Waals surface area contributed by atoms with Gasteiger partial charge in [0.1, 0.15) is 6.10 Å². The van der Waals surface area contributed by atoms with Crippen LogP contribution in [0.4, 0.5) is 0 Å². The third kappa shape index (κ3) is 1.92. The fraction of sp³-hybridized carbons (Fsp3) is 0.750. The average Bonchev–Trinajstić information content (AvgIpc) is 2.68. The van der Waals surface area contributed by atoms with Gasteiger partial charge in [-0.2, -0.15) is 4.98 Å². The van der Waals surface area contributed by atoms with Crippen LogP contribution in [0, 0.1) is 0 Å². The lowest BCUT2D eigenvalue weighted by molar-refractivity contribution is 0.0734. The van der Waals surface area contributed by atoms with E-state index < -0.39 is 6.10 Å². The Balaban J connectivity index is 2.07. The molecule has 0 bridgehead atoms. The number of nitrogens with zero attached hydrogens (tertiary/aromatic N) is 2. The fourth-order valence-corrected chi connectivity index (χ4v) is 1.29. The zero-order chi connectivity index (χ0) is 9.97. The Bertz CT molecular complexity index is 294. The molecule has 6 heteroatoms. The fourth-order valence-electron chi connectivity index (χ4n) is 1.29. The highest BCUT2D eigenvalue weighted by Crippen LogP contribution is 2.15. The lowest BCUT2D eigenvalue weighted by Gasteiger charge is -2.20. The van der Waals surface area contributed by atoms with Gasteiger partial charge >= 0.3 is 0 Å². The van der Waals surface area contributed by atoms with Crippen LogP contribution in [0.2, 0.25) is 0 Å². The van der Waals surface area contributed by atoms with Crippen LogP contribution in [0.3, 0.4) is 0 Å². The highest BCUT2D eigenvalue weighted by Gasteiger charge is 2.21. The van der Waals surface area contributed by atoms with Crippen LogP contribution in [0.1, 0.15) is 30.8 Å². The lowest BCUT2D eigenvalue weighted by atomic mass is 10.2. The largest absolute Gasteiger partial charge is 0.384 e. The topological polar surface area (TPSA) is 80.4 Å². The number of rotatable bonds is 2. The number of nitrogens with one attached hydrogen (secondary N) is 1. The molecular weight excluding hydrogens is 186 g/mol. The van der Waals surface area contributed by atoms with Crippen LogP contribution in [-0.4, -0.2) is 35.0 Å². The van der Waals surface area contributed by atoms with Crippen molar-refractivity contribution < 1.29 is 14.4 Å². The summed E-state index contributed by atoms with van der Waals surface area (Å²) in [6, 6.07) is -0.0278. The van der Waals surface area contributed by atoms with E-state index in [0.29, 0.717) is 19.0 Å². The summed E-state index contributed by atoms with van der Waals surface area (Å²) in [6.45, 7) is 3.61. The summed E-state index contributed by atoms with van der Waals surface area (Å²) in [7, 11) is 0. The second-order valence-electron chi connectivity index (χ2n) is 3.25. The van der Waals surface area contributed by atoms with Crippen molar-refractivity contribution in [2.45, 2.75) is 19.1 Å². The van der Waals surface area contributed by atoms with E-state index in [2.05, 4.69) is 15.5 Å². The molecule has 1 fully saturated rings. The first kappa shape index (κ1) is 9.57. The van der Waals surface area contributed by atoms with Crippen LogP contribution in [-0.2, 0) is 4.74 Å². The summed E-state index contributed by atoms with van der Waals surface area (Å²) in [4.78, 5) is 4.06. The Morgan fingerprint density at radius 2 is 2.50 bits per heavy atom. The average molecular weight is 199 g/mol. The Morgan fingerprint density at radius 3 is 3.07 bits per heavy atom. The van der Waals surface area contributed by atoms with E-state index in [-0.39, 0.29) is 11.9 Å². The van der Waals surface area contributed by atoms with Crippen molar-refractivity contribution in [2.75, 3.05) is 19.8 Å². The molecule has 0 radical (unpaired) electrons. The minimum Gasteiger partial charge on any atom is -0.384 e. The van der Waals surface area contributed by atoms with Crippen molar-refractivity contribution in [1.29, 1.82) is 0 Å². The minimum absolute atomic E-state index is 0.0278. The Hall–Kier alpha value is -0.980. The molecule has 0 saturated carbocycles. The first-order valence-electron chi connectivity index (χ1n) is 4.60. The third-order valence-electron chi connectivity index (χ3n) is 2.05. The maximum absolute atomic E-state index is 9.19. The Morgan fingerprint density at radius 1 is 1.64 bits per heavy atom. The van der Waals surface area contributed by atoms with Gasteiger partial charge in [0.25, 0.3) is 5.89 Å². The summed E-state index contributed by atoms with van der Waals surface area (Å²) in [5.74, 6) is 0.785. The smallest absolute Gasteiger partial charge is 0.255 e. The SMILES string of the molecule is CC(O)c1nc(C2COCCN2)no1. The molecule has 0 aliphatic carbocycles. The van der Waals surface area contributed by atoms with Crippen LogP contribution >= 0.6 is 0 Å². The normalized spacial score (nSPS) is 24.9. The second-order valence-corrected chi connectivity index (χ2v) is 3.25. The molecule has 0 amide bonds. The first-order valence-corrected chi connectivity index (χ1v) is 4.60. The van der Waals surface area contributed by atoms with Crippen LogP contribution < -0.4 is 5.32 Å². The molecule has 14 heavy (non-hydrogen) atoms. The van der Waals surface area contributed by atoms with Gasteiger partial charge in [-0.05, 0) is 6.92 Å². The van der Waals surface area contributed by atoms with Crippen molar-refractivity contribution in [2.24, 2.45) is 0 Å². The Kier molecular flexibility index (Phi) is 2.76. The van der Waals surface area contributed by atoms with Crippen molar-refractivity contribution in [3.05, 3.63) is 11.7 Å². The molecule has 2 rings (SSSR count). The lowest BCUT2D eigenvalue weighted by Crippen LogP contribution is -2.35. The molecule has 78 valence electrons. The van der Waals surface area contributed by atoms with Gasteiger partial charge in [-0.25, -0.2) is 0 Å². The van der Waals surface area contributed by atoms with E-state index in [9.17, 15) is 5.11 Å². The van der Waals surface area contributed by atoms with E-state index in [1.807, 2.05) is 0 Å². The highest BCUT2D eigenvalue weighted by atomic mass is 16.5. The molecule has 2 unspecified atom stereocenters. The van der Waals surface area contributed by atoms with Crippen molar-refractivity contribution in [3.63, 3.8) is 0 Å². The molecule has 2 heterocycles.